The summed E-state index contributed by atoms with van der Waals surface area (Å²) in [4.78, 5) is 2.44. The molecule has 2 rings (SSSR count). The van der Waals surface area contributed by atoms with E-state index < -0.39 is 0 Å². The van der Waals surface area contributed by atoms with Crippen molar-refractivity contribution in [3.8, 4) is 0 Å². The van der Waals surface area contributed by atoms with Crippen LogP contribution >= 0.6 is 11.6 Å². The van der Waals surface area contributed by atoms with Crippen molar-refractivity contribution in [2.75, 3.05) is 13.6 Å². The summed E-state index contributed by atoms with van der Waals surface area (Å²) < 4.78 is 0. The maximum atomic E-state index is 6.30. The molecule has 1 aliphatic carbocycles. The first-order valence-electron chi connectivity index (χ1n) is 8.13. The molecular formula is C18H29ClN2. The molecule has 0 aromatic heterocycles. The van der Waals surface area contributed by atoms with E-state index in [2.05, 4.69) is 37.9 Å². The van der Waals surface area contributed by atoms with E-state index in [1.807, 2.05) is 12.1 Å². The van der Waals surface area contributed by atoms with Gasteiger partial charge in [-0.1, -0.05) is 43.6 Å². The van der Waals surface area contributed by atoms with Crippen LogP contribution in [0.15, 0.2) is 24.3 Å². The summed E-state index contributed by atoms with van der Waals surface area (Å²) in [5.41, 5.74) is 7.52. The van der Waals surface area contributed by atoms with Crippen molar-refractivity contribution in [3.63, 3.8) is 0 Å². The Hall–Kier alpha value is -0.570. The summed E-state index contributed by atoms with van der Waals surface area (Å²) in [7, 11) is 2.20. The number of likely N-dealkylation sites (N-methyl/N-ethyl adjacent to an activating group) is 1. The molecule has 118 valence electrons. The molecule has 1 saturated carbocycles. The van der Waals surface area contributed by atoms with Crippen LogP contribution in [0, 0.1) is 11.8 Å². The van der Waals surface area contributed by atoms with Crippen molar-refractivity contribution in [3.05, 3.63) is 34.9 Å². The van der Waals surface area contributed by atoms with Gasteiger partial charge in [-0.05, 0) is 56.2 Å². The molecule has 0 saturated heterocycles. The summed E-state index contributed by atoms with van der Waals surface area (Å²) in [5.74, 6) is 1.65. The number of halogens is 1. The minimum absolute atomic E-state index is 0.143. The smallest absolute Gasteiger partial charge is 0.0451 e. The summed E-state index contributed by atoms with van der Waals surface area (Å²) in [6.45, 7) is 6.29. The number of hydrogen-bond donors (Lipinski definition) is 1. The fraction of sp³-hybridized carbons (Fsp3) is 0.667. The minimum Gasteiger partial charge on any atom is -0.329 e. The molecule has 2 nitrogen and oxygen atoms in total. The van der Waals surface area contributed by atoms with Crippen LogP contribution in [0.2, 0.25) is 5.02 Å². The number of rotatable bonds is 5. The van der Waals surface area contributed by atoms with E-state index in [0.717, 1.165) is 29.9 Å². The monoisotopic (exact) mass is 308 g/mol. The van der Waals surface area contributed by atoms with Gasteiger partial charge in [0.25, 0.3) is 0 Å². The highest BCUT2D eigenvalue weighted by Crippen LogP contribution is 2.39. The average molecular weight is 309 g/mol. The van der Waals surface area contributed by atoms with Crippen molar-refractivity contribution in [1.82, 2.24) is 4.90 Å². The van der Waals surface area contributed by atoms with Gasteiger partial charge in [0.1, 0.15) is 0 Å². The van der Waals surface area contributed by atoms with Gasteiger partial charge in [0.15, 0.2) is 0 Å². The molecule has 0 unspecified atom stereocenters. The Bertz CT molecular complexity index is 450. The zero-order valence-corrected chi connectivity index (χ0v) is 14.4. The molecule has 1 aliphatic rings. The molecule has 1 fully saturated rings. The summed E-state index contributed by atoms with van der Waals surface area (Å²) in [5, 5.41) is 0.854. The molecule has 0 atom stereocenters. The van der Waals surface area contributed by atoms with E-state index in [0.29, 0.717) is 0 Å². The molecule has 3 heteroatoms. The van der Waals surface area contributed by atoms with Crippen LogP contribution in [-0.4, -0.2) is 24.0 Å². The Morgan fingerprint density at radius 2 is 1.90 bits per heavy atom. The first kappa shape index (κ1) is 16.8. The maximum absolute atomic E-state index is 6.30. The zero-order valence-electron chi connectivity index (χ0n) is 13.6. The first-order valence-corrected chi connectivity index (χ1v) is 8.51. The molecule has 21 heavy (non-hydrogen) atoms. The third kappa shape index (κ3) is 3.80. The lowest BCUT2D eigenvalue weighted by Crippen LogP contribution is -2.54. The maximum Gasteiger partial charge on any atom is 0.0451 e. The van der Waals surface area contributed by atoms with Gasteiger partial charge in [-0.3, -0.25) is 4.90 Å². The SMILES string of the molecule is CC(C)C1CCC(CN)(N(C)Cc2ccccc2Cl)CC1. The number of nitrogens with two attached hydrogens (primary N) is 1. The van der Waals surface area contributed by atoms with Gasteiger partial charge in [0.05, 0.1) is 0 Å². The molecule has 0 aliphatic heterocycles. The fourth-order valence-electron chi connectivity index (χ4n) is 3.64. The largest absolute Gasteiger partial charge is 0.329 e. The molecule has 1 aromatic carbocycles. The Balaban J connectivity index is 2.06. The van der Waals surface area contributed by atoms with Gasteiger partial charge in [-0.2, -0.15) is 0 Å². The predicted octanol–water partition coefficient (Wildman–Crippen LogP) is 4.32. The quantitative estimate of drug-likeness (QED) is 0.878. The van der Waals surface area contributed by atoms with Crippen molar-refractivity contribution in [2.24, 2.45) is 17.6 Å². The van der Waals surface area contributed by atoms with Crippen molar-refractivity contribution < 1.29 is 0 Å². The molecule has 0 spiro atoms. The molecule has 0 radical (unpaired) electrons. The van der Waals surface area contributed by atoms with Gasteiger partial charge in [-0.15, -0.1) is 0 Å². The van der Waals surface area contributed by atoms with Crippen LogP contribution in [0.25, 0.3) is 0 Å². The van der Waals surface area contributed by atoms with E-state index in [1.54, 1.807) is 0 Å². The fourth-order valence-corrected chi connectivity index (χ4v) is 3.83. The topological polar surface area (TPSA) is 29.3 Å². The number of hydrogen-bond acceptors (Lipinski definition) is 2. The highest BCUT2D eigenvalue weighted by Gasteiger charge is 2.38. The standard InChI is InChI=1S/C18H29ClN2/c1-14(2)15-8-10-18(13-20,11-9-15)21(3)12-16-6-4-5-7-17(16)19/h4-7,14-15H,8-13,20H2,1-3H3. The van der Waals surface area contributed by atoms with Crippen LogP contribution in [0.3, 0.4) is 0 Å². The normalized spacial score (nSPS) is 26.5. The van der Waals surface area contributed by atoms with Crippen molar-refractivity contribution in [2.45, 2.75) is 51.6 Å². The Labute approximate surface area is 134 Å². The predicted molar refractivity (Wildman–Crippen MR) is 91.5 cm³/mol. The van der Waals surface area contributed by atoms with E-state index in [9.17, 15) is 0 Å². The summed E-state index contributed by atoms with van der Waals surface area (Å²) >= 11 is 6.30. The third-order valence-electron chi connectivity index (χ3n) is 5.46. The third-order valence-corrected chi connectivity index (χ3v) is 5.83. The van der Waals surface area contributed by atoms with Crippen LogP contribution in [0.4, 0.5) is 0 Å². The van der Waals surface area contributed by atoms with Crippen LogP contribution in [0.1, 0.15) is 45.1 Å². The van der Waals surface area contributed by atoms with Crippen molar-refractivity contribution in [1.29, 1.82) is 0 Å². The molecule has 0 bridgehead atoms. The molecule has 2 N–H and O–H groups in total. The van der Waals surface area contributed by atoms with Gasteiger partial charge in [0.2, 0.25) is 0 Å². The minimum atomic E-state index is 0.143. The highest BCUT2D eigenvalue weighted by atomic mass is 35.5. The second-order valence-electron chi connectivity index (χ2n) is 6.96. The van der Waals surface area contributed by atoms with Crippen molar-refractivity contribution >= 4 is 11.6 Å². The summed E-state index contributed by atoms with van der Waals surface area (Å²) in [6, 6.07) is 8.12. The number of benzene rings is 1. The van der Waals surface area contributed by atoms with E-state index in [1.165, 1.54) is 31.2 Å². The second kappa shape index (κ2) is 7.13. The Morgan fingerprint density at radius 1 is 1.29 bits per heavy atom. The summed E-state index contributed by atoms with van der Waals surface area (Å²) in [6.07, 6.45) is 4.99. The van der Waals surface area contributed by atoms with E-state index in [4.69, 9.17) is 17.3 Å². The average Bonchev–Trinajstić information content (AvgIpc) is 2.49. The Kier molecular flexibility index (Phi) is 5.70. The molecular weight excluding hydrogens is 280 g/mol. The lowest BCUT2D eigenvalue weighted by molar-refractivity contribution is 0.0498. The highest BCUT2D eigenvalue weighted by molar-refractivity contribution is 6.31. The lowest BCUT2D eigenvalue weighted by atomic mass is 9.72. The molecule has 0 heterocycles. The van der Waals surface area contributed by atoms with Gasteiger partial charge in [-0.25, -0.2) is 0 Å². The molecule has 1 aromatic rings. The second-order valence-corrected chi connectivity index (χ2v) is 7.36. The van der Waals surface area contributed by atoms with Crippen LogP contribution in [-0.2, 0) is 6.54 Å². The van der Waals surface area contributed by atoms with Gasteiger partial charge in [0, 0.05) is 23.7 Å². The van der Waals surface area contributed by atoms with E-state index >= 15 is 0 Å². The lowest BCUT2D eigenvalue weighted by Gasteiger charge is -2.47. The Morgan fingerprint density at radius 3 is 2.43 bits per heavy atom. The van der Waals surface area contributed by atoms with Crippen LogP contribution < -0.4 is 5.73 Å². The van der Waals surface area contributed by atoms with Gasteiger partial charge >= 0.3 is 0 Å². The van der Waals surface area contributed by atoms with E-state index in [-0.39, 0.29) is 5.54 Å². The van der Waals surface area contributed by atoms with Gasteiger partial charge < -0.3 is 5.73 Å². The number of nitrogens with zero attached hydrogens (tertiary/aromatic N) is 1. The first-order chi connectivity index (χ1) is 9.98. The zero-order chi connectivity index (χ0) is 15.5. The molecule has 0 amide bonds. The van der Waals surface area contributed by atoms with Crippen LogP contribution in [0.5, 0.6) is 0 Å².